The van der Waals surface area contributed by atoms with Crippen LogP contribution in [0, 0.1) is 0 Å². The van der Waals surface area contributed by atoms with Crippen LogP contribution in [0.2, 0.25) is 0 Å². The van der Waals surface area contributed by atoms with Gasteiger partial charge in [-0.1, -0.05) is 0 Å². The number of nitrogens with one attached hydrogen (secondary N) is 2. The summed E-state index contributed by atoms with van der Waals surface area (Å²) in [5, 5.41) is 2.69. The Morgan fingerprint density at radius 3 is 1.97 bits per heavy atom. The first-order chi connectivity index (χ1) is 17.4. The summed E-state index contributed by atoms with van der Waals surface area (Å²) in [5.74, 6) is 0.366. The van der Waals surface area contributed by atoms with Crippen LogP contribution in [0.4, 0.5) is 17.1 Å². The van der Waals surface area contributed by atoms with Crippen molar-refractivity contribution in [1.29, 1.82) is 0 Å². The Morgan fingerprint density at radius 2 is 1.43 bits per heavy atom. The molecule has 0 aliphatic rings. The largest absolute Gasteiger partial charge is 0.497 e. The van der Waals surface area contributed by atoms with Crippen LogP contribution < -0.4 is 23.8 Å². The van der Waals surface area contributed by atoms with Gasteiger partial charge >= 0.3 is 10.2 Å². The van der Waals surface area contributed by atoms with Crippen LogP contribution in [0.3, 0.4) is 0 Å². The summed E-state index contributed by atoms with van der Waals surface area (Å²) >= 11 is 0. The molecule has 0 aromatic heterocycles. The van der Waals surface area contributed by atoms with E-state index in [9.17, 15) is 21.6 Å². The molecule has 3 aromatic carbocycles. The van der Waals surface area contributed by atoms with Crippen LogP contribution in [0.25, 0.3) is 0 Å². The maximum atomic E-state index is 12.8. The summed E-state index contributed by atoms with van der Waals surface area (Å²) in [5.41, 5.74) is 1.31. The van der Waals surface area contributed by atoms with Gasteiger partial charge in [0, 0.05) is 38.5 Å². The molecule has 0 atom stereocenters. The van der Waals surface area contributed by atoms with E-state index in [1.165, 1.54) is 90.0 Å². The number of nitrogens with zero attached hydrogens (tertiary/aromatic N) is 2. The predicted molar refractivity (Wildman–Crippen MR) is 142 cm³/mol. The quantitative estimate of drug-likeness (QED) is 0.398. The van der Waals surface area contributed by atoms with Gasteiger partial charge in [-0.2, -0.15) is 12.7 Å². The van der Waals surface area contributed by atoms with Crippen molar-refractivity contribution < 1.29 is 31.1 Å². The maximum absolute atomic E-state index is 12.8. The lowest BCUT2D eigenvalue weighted by molar-refractivity contribution is 0.102. The van der Waals surface area contributed by atoms with Gasteiger partial charge in [0.2, 0.25) is 0 Å². The molecule has 0 aliphatic heterocycles. The van der Waals surface area contributed by atoms with Crippen molar-refractivity contribution in [2.24, 2.45) is 0 Å². The second kappa shape index (κ2) is 11.1. The third-order valence-electron chi connectivity index (χ3n) is 5.38. The summed E-state index contributed by atoms with van der Waals surface area (Å²) < 4.78 is 65.2. The minimum Gasteiger partial charge on any atom is -0.497 e. The Balaban J connectivity index is 1.70. The highest BCUT2D eigenvalue weighted by atomic mass is 32.2. The molecule has 3 rings (SSSR count). The number of methoxy groups -OCH3 is 2. The number of benzene rings is 3. The van der Waals surface area contributed by atoms with Gasteiger partial charge in [0.05, 0.1) is 30.5 Å². The molecule has 13 heteroatoms. The van der Waals surface area contributed by atoms with Crippen LogP contribution in [-0.4, -0.2) is 62.4 Å². The molecule has 3 aromatic rings. The number of sulfonamides is 1. The van der Waals surface area contributed by atoms with Gasteiger partial charge in [-0.25, -0.2) is 8.42 Å². The molecule has 0 saturated carbocycles. The van der Waals surface area contributed by atoms with Crippen LogP contribution in [0.5, 0.6) is 11.5 Å². The zero-order chi connectivity index (χ0) is 27.4. The Bertz CT molecular complexity index is 1470. The topological polar surface area (TPSA) is 134 Å². The van der Waals surface area contributed by atoms with Crippen LogP contribution >= 0.6 is 0 Å². The number of amides is 1. The standard InChI is InChI=1S/C24H28N4O7S2/c1-27(2)37(32,33)28(3)19-10-6-17(7-11-19)24(29)25-18-8-13-21(14-9-18)36(30,31)26-22-15-12-20(34-4)16-23(22)35-5/h6-16,26H,1-5H3,(H,25,29). The molecule has 0 saturated heterocycles. The molecule has 1 amide bonds. The van der Waals surface area contributed by atoms with Gasteiger partial charge in [-0.3, -0.25) is 13.8 Å². The molecule has 0 spiro atoms. The van der Waals surface area contributed by atoms with Crippen molar-refractivity contribution in [1.82, 2.24) is 4.31 Å². The molecule has 0 fully saturated rings. The van der Waals surface area contributed by atoms with E-state index < -0.39 is 26.1 Å². The molecule has 0 heterocycles. The van der Waals surface area contributed by atoms with Gasteiger partial charge in [-0.15, -0.1) is 0 Å². The lowest BCUT2D eigenvalue weighted by atomic mass is 10.2. The fourth-order valence-electron chi connectivity index (χ4n) is 3.21. The summed E-state index contributed by atoms with van der Waals surface area (Å²) in [6, 6.07) is 16.4. The smallest absolute Gasteiger partial charge is 0.303 e. The number of ether oxygens (including phenoxy) is 2. The minimum atomic E-state index is -3.93. The zero-order valence-electron chi connectivity index (χ0n) is 20.9. The normalized spacial score (nSPS) is 11.6. The van der Waals surface area contributed by atoms with Gasteiger partial charge < -0.3 is 14.8 Å². The third kappa shape index (κ3) is 6.31. The minimum absolute atomic E-state index is 0.0159. The van der Waals surface area contributed by atoms with Crippen molar-refractivity contribution in [2.45, 2.75) is 4.90 Å². The second-order valence-corrected chi connectivity index (χ2v) is 11.8. The summed E-state index contributed by atoms with van der Waals surface area (Å²) in [7, 11) is -0.411. The highest BCUT2D eigenvalue weighted by Crippen LogP contribution is 2.31. The van der Waals surface area contributed by atoms with Crippen LogP contribution in [0.1, 0.15) is 10.4 Å². The molecule has 198 valence electrons. The average Bonchev–Trinajstić information content (AvgIpc) is 2.88. The van der Waals surface area contributed by atoms with E-state index in [2.05, 4.69) is 10.0 Å². The van der Waals surface area contributed by atoms with E-state index >= 15 is 0 Å². The van der Waals surface area contributed by atoms with Gasteiger partial charge in [0.25, 0.3) is 15.9 Å². The first-order valence-electron chi connectivity index (χ1n) is 10.8. The summed E-state index contributed by atoms with van der Waals surface area (Å²) in [6.45, 7) is 0. The first kappa shape index (κ1) is 27.8. The van der Waals surface area contributed by atoms with Crippen molar-refractivity contribution in [3.63, 3.8) is 0 Å². The van der Waals surface area contributed by atoms with E-state index in [4.69, 9.17) is 9.47 Å². The molecule has 0 unspecified atom stereocenters. The third-order valence-corrected chi connectivity index (χ3v) is 8.58. The lowest BCUT2D eigenvalue weighted by Crippen LogP contribution is -2.37. The molecule has 0 bridgehead atoms. The van der Waals surface area contributed by atoms with E-state index in [0.717, 1.165) is 8.61 Å². The predicted octanol–water partition coefficient (Wildman–Crippen LogP) is 3.00. The fourth-order valence-corrected chi connectivity index (χ4v) is 5.16. The van der Waals surface area contributed by atoms with Gasteiger partial charge in [-0.05, 0) is 60.7 Å². The number of hydrogen-bond acceptors (Lipinski definition) is 7. The van der Waals surface area contributed by atoms with Crippen molar-refractivity contribution in [2.75, 3.05) is 49.7 Å². The molecule has 37 heavy (non-hydrogen) atoms. The monoisotopic (exact) mass is 548 g/mol. The van der Waals surface area contributed by atoms with Crippen molar-refractivity contribution >= 4 is 43.2 Å². The zero-order valence-corrected chi connectivity index (χ0v) is 22.6. The molecular formula is C24H28N4O7S2. The number of rotatable bonds is 10. The lowest BCUT2D eigenvalue weighted by Gasteiger charge is -2.23. The highest BCUT2D eigenvalue weighted by Gasteiger charge is 2.21. The number of carbonyl (C=O) groups is 1. The average molecular weight is 549 g/mol. The molecular weight excluding hydrogens is 520 g/mol. The first-order valence-corrected chi connectivity index (χ1v) is 13.7. The Kier molecular flexibility index (Phi) is 8.31. The van der Waals surface area contributed by atoms with E-state index in [1.54, 1.807) is 12.1 Å². The van der Waals surface area contributed by atoms with E-state index in [1.807, 2.05) is 0 Å². The van der Waals surface area contributed by atoms with E-state index in [-0.39, 0.29) is 10.6 Å². The Hall–Kier alpha value is -3.81. The second-order valence-electron chi connectivity index (χ2n) is 7.95. The SMILES string of the molecule is COc1ccc(NS(=O)(=O)c2ccc(NC(=O)c3ccc(N(C)S(=O)(=O)N(C)C)cc3)cc2)c(OC)c1. The fraction of sp³-hybridized carbons (Fsp3) is 0.208. The van der Waals surface area contributed by atoms with Crippen LogP contribution in [0.15, 0.2) is 71.6 Å². The number of carbonyl (C=O) groups excluding carboxylic acids is 1. The molecule has 0 aliphatic carbocycles. The number of hydrogen-bond donors (Lipinski definition) is 2. The van der Waals surface area contributed by atoms with Crippen molar-refractivity contribution in [3.05, 3.63) is 72.3 Å². The molecule has 11 nitrogen and oxygen atoms in total. The van der Waals surface area contributed by atoms with Gasteiger partial charge in [0.15, 0.2) is 0 Å². The maximum Gasteiger partial charge on any atom is 0.303 e. The van der Waals surface area contributed by atoms with Gasteiger partial charge in [0.1, 0.15) is 11.5 Å². The summed E-state index contributed by atoms with van der Waals surface area (Å²) in [6.07, 6.45) is 0. The highest BCUT2D eigenvalue weighted by molar-refractivity contribution is 7.92. The summed E-state index contributed by atoms with van der Waals surface area (Å²) in [4.78, 5) is 12.6. The van der Waals surface area contributed by atoms with Crippen molar-refractivity contribution in [3.8, 4) is 11.5 Å². The Morgan fingerprint density at radius 1 is 0.811 bits per heavy atom. The number of anilines is 3. The molecule has 0 radical (unpaired) electrons. The van der Waals surface area contributed by atoms with E-state index in [0.29, 0.717) is 28.4 Å². The molecule has 2 N–H and O–H groups in total. The van der Waals surface area contributed by atoms with Crippen LogP contribution in [-0.2, 0) is 20.2 Å². The Labute approximate surface area is 216 Å².